The van der Waals surface area contributed by atoms with E-state index in [2.05, 4.69) is 48.5 Å². The van der Waals surface area contributed by atoms with Crippen molar-refractivity contribution in [1.29, 1.82) is 0 Å². The van der Waals surface area contributed by atoms with Gasteiger partial charge in [0.2, 0.25) is 0 Å². The number of nitrogens with one attached hydrogen (secondary N) is 1. The summed E-state index contributed by atoms with van der Waals surface area (Å²) in [6.07, 6.45) is 4.20. The van der Waals surface area contributed by atoms with Crippen molar-refractivity contribution in [1.82, 2.24) is 4.90 Å². The van der Waals surface area contributed by atoms with E-state index in [0.717, 1.165) is 19.1 Å². The molecule has 0 saturated heterocycles. The second kappa shape index (κ2) is 5.35. The van der Waals surface area contributed by atoms with Gasteiger partial charge in [-0.2, -0.15) is 0 Å². The Bertz CT molecular complexity index is 314. The van der Waals surface area contributed by atoms with Crippen LogP contribution in [0.5, 0.6) is 0 Å². The molecule has 1 N–H and O–H groups in total. The first kappa shape index (κ1) is 11.5. The van der Waals surface area contributed by atoms with Crippen LogP contribution in [0.2, 0.25) is 0 Å². The first-order valence-electron chi connectivity index (χ1n) is 6.26. The molecule has 1 aliphatic carbocycles. The topological polar surface area (TPSA) is 15.3 Å². The van der Waals surface area contributed by atoms with E-state index >= 15 is 0 Å². The minimum absolute atomic E-state index is 0.847. The Hall–Kier alpha value is -1.02. The van der Waals surface area contributed by atoms with Crippen molar-refractivity contribution in [3.05, 3.63) is 29.8 Å². The summed E-state index contributed by atoms with van der Waals surface area (Å²) in [7, 11) is 2.24. The van der Waals surface area contributed by atoms with Gasteiger partial charge in [-0.3, -0.25) is 0 Å². The van der Waals surface area contributed by atoms with Gasteiger partial charge >= 0.3 is 0 Å². The molecule has 1 aromatic rings. The highest BCUT2D eigenvalue weighted by atomic mass is 15.1. The van der Waals surface area contributed by atoms with Crippen molar-refractivity contribution < 1.29 is 0 Å². The fraction of sp³-hybridized carbons (Fsp3) is 0.571. The minimum atomic E-state index is 0.847. The van der Waals surface area contributed by atoms with Crippen LogP contribution in [0.15, 0.2) is 24.3 Å². The molecule has 0 aromatic heterocycles. The minimum Gasteiger partial charge on any atom is -0.384 e. The molecule has 0 radical (unpaired) electrons. The first-order valence-corrected chi connectivity index (χ1v) is 6.26. The highest BCUT2D eigenvalue weighted by Gasteiger charge is 2.20. The van der Waals surface area contributed by atoms with Gasteiger partial charge in [0.25, 0.3) is 0 Å². The molecule has 0 amide bonds. The lowest BCUT2D eigenvalue weighted by molar-refractivity contribution is 0.165. The van der Waals surface area contributed by atoms with Gasteiger partial charge in [-0.1, -0.05) is 24.1 Å². The third-order valence-electron chi connectivity index (χ3n) is 3.54. The standard InChI is InChI=1S/C14H22N2/c1-12-6-8-13(9-7-12)15-10-11-16(2)14-4-3-5-14/h6-9,14-15H,3-5,10-11H2,1-2H3. The second-order valence-corrected chi connectivity index (χ2v) is 4.86. The summed E-state index contributed by atoms with van der Waals surface area (Å²) in [4.78, 5) is 2.48. The van der Waals surface area contributed by atoms with Crippen LogP contribution in [0.4, 0.5) is 5.69 Å². The fourth-order valence-corrected chi connectivity index (χ4v) is 2.06. The van der Waals surface area contributed by atoms with Crippen molar-refractivity contribution in [2.45, 2.75) is 32.2 Å². The number of likely N-dealkylation sites (N-methyl/N-ethyl adjacent to an activating group) is 1. The predicted molar refractivity (Wildman–Crippen MR) is 69.9 cm³/mol. The Balaban J connectivity index is 1.69. The number of hydrogen-bond donors (Lipinski definition) is 1. The lowest BCUT2D eigenvalue weighted by Crippen LogP contribution is -2.39. The predicted octanol–water partition coefficient (Wildman–Crippen LogP) is 2.89. The van der Waals surface area contributed by atoms with Gasteiger partial charge in [0.1, 0.15) is 0 Å². The third-order valence-corrected chi connectivity index (χ3v) is 3.54. The number of aryl methyl sites for hydroxylation is 1. The van der Waals surface area contributed by atoms with E-state index < -0.39 is 0 Å². The Morgan fingerprint density at radius 1 is 1.25 bits per heavy atom. The van der Waals surface area contributed by atoms with Crippen LogP contribution in [0.25, 0.3) is 0 Å². The largest absolute Gasteiger partial charge is 0.384 e. The number of hydrogen-bond acceptors (Lipinski definition) is 2. The molecule has 1 fully saturated rings. The summed E-state index contributed by atoms with van der Waals surface area (Å²) < 4.78 is 0. The van der Waals surface area contributed by atoms with Crippen LogP contribution in [0.3, 0.4) is 0 Å². The molecule has 0 unspecified atom stereocenters. The summed E-state index contributed by atoms with van der Waals surface area (Å²) in [6, 6.07) is 9.45. The smallest absolute Gasteiger partial charge is 0.0340 e. The zero-order valence-electron chi connectivity index (χ0n) is 10.4. The van der Waals surface area contributed by atoms with E-state index in [-0.39, 0.29) is 0 Å². The molecule has 1 saturated carbocycles. The summed E-state index contributed by atoms with van der Waals surface area (Å²) in [5.41, 5.74) is 2.55. The molecule has 1 aromatic carbocycles. The Morgan fingerprint density at radius 2 is 1.94 bits per heavy atom. The molecule has 0 heterocycles. The molecule has 0 spiro atoms. The molecule has 0 atom stereocenters. The Kier molecular flexibility index (Phi) is 3.83. The molecule has 2 heteroatoms. The molecule has 88 valence electrons. The maximum absolute atomic E-state index is 3.46. The van der Waals surface area contributed by atoms with Crippen LogP contribution < -0.4 is 5.32 Å². The van der Waals surface area contributed by atoms with Crippen LogP contribution in [-0.4, -0.2) is 31.1 Å². The van der Waals surface area contributed by atoms with E-state index in [1.165, 1.54) is 30.5 Å². The highest BCUT2D eigenvalue weighted by Crippen LogP contribution is 2.23. The number of anilines is 1. The summed E-state index contributed by atoms with van der Waals surface area (Å²) in [5.74, 6) is 0. The van der Waals surface area contributed by atoms with E-state index in [1.807, 2.05) is 0 Å². The first-order chi connectivity index (χ1) is 7.75. The van der Waals surface area contributed by atoms with E-state index in [4.69, 9.17) is 0 Å². The Labute approximate surface area is 98.7 Å². The van der Waals surface area contributed by atoms with Crippen molar-refractivity contribution in [3.63, 3.8) is 0 Å². The Morgan fingerprint density at radius 3 is 2.50 bits per heavy atom. The van der Waals surface area contributed by atoms with Crippen LogP contribution in [0.1, 0.15) is 24.8 Å². The van der Waals surface area contributed by atoms with Crippen LogP contribution in [-0.2, 0) is 0 Å². The monoisotopic (exact) mass is 218 g/mol. The SMILES string of the molecule is Cc1ccc(NCCN(C)C2CCC2)cc1. The molecule has 0 aliphatic heterocycles. The van der Waals surface area contributed by atoms with Gasteiger partial charge in [-0.05, 0) is 38.9 Å². The zero-order chi connectivity index (χ0) is 11.4. The van der Waals surface area contributed by atoms with Crippen molar-refractivity contribution >= 4 is 5.69 Å². The van der Waals surface area contributed by atoms with Gasteiger partial charge in [-0.25, -0.2) is 0 Å². The molecular formula is C14H22N2. The quantitative estimate of drug-likeness (QED) is 0.817. The average Bonchev–Trinajstić information content (AvgIpc) is 2.18. The van der Waals surface area contributed by atoms with Crippen LogP contribution >= 0.6 is 0 Å². The van der Waals surface area contributed by atoms with Gasteiger partial charge in [0.15, 0.2) is 0 Å². The second-order valence-electron chi connectivity index (χ2n) is 4.86. The average molecular weight is 218 g/mol. The molecule has 1 aliphatic rings. The number of rotatable bonds is 5. The molecular weight excluding hydrogens is 196 g/mol. The maximum Gasteiger partial charge on any atom is 0.0340 e. The van der Waals surface area contributed by atoms with Crippen molar-refractivity contribution in [3.8, 4) is 0 Å². The molecule has 2 rings (SSSR count). The van der Waals surface area contributed by atoms with E-state index in [1.54, 1.807) is 0 Å². The number of benzene rings is 1. The zero-order valence-corrected chi connectivity index (χ0v) is 10.4. The van der Waals surface area contributed by atoms with E-state index in [9.17, 15) is 0 Å². The van der Waals surface area contributed by atoms with Crippen molar-refractivity contribution in [2.24, 2.45) is 0 Å². The fourth-order valence-electron chi connectivity index (χ4n) is 2.06. The van der Waals surface area contributed by atoms with E-state index in [0.29, 0.717) is 0 Å². The van der Waals surface area contributed by atoms with Gasteiger partial charge in [0.05, 0.1) is 0 Å². The lowest BCUT2D eigenvalue weighted by Gasteiger charge is -2.34. The lowest BCUT2D eigenvalue weighted by atomic mass is 9.92. The van der Waals surface area contributed by atoms with Gasteiger partial charge < -0.3 is 10.2 Å². The normalized spacial score (nSPS) is 16.2. The van der Waals surface area contributed by atoms with Crippen LogP contribution in [0, 0.1) is 6.92 Å². The highest BCUT2D eigenvalue weighted by molar-refractivity contribution is 5.44. The summed E-state index contributed by atoms with van der Waals surface area (Å²) in [5, 5.41) is 3.46. The van der Waals surface area contributed by atoms with Crippen molar-refractivity contribution in [2.75, 3.05) is 25.5 Å². The number of nitrogens with zero attached hydrogens (tertiary/aromatic N) is 1. The maximum atomic E-state index is 3.46. The summed E-state index contributed by atoms with van der Waals surface area (Å²) >= 11 is 0. The third kappa shape index (κ3) is 2.99. The summed E-state index contributed by atoms with van der Waals surface area (Å²) in [6.45, 7) is 4.29. The van der Waals surface area contributed by atoms with Gasteiger partial charge in [-0.15, -0.1) is 0 Å². The molecule has 2 nitrogen and oxygen atoms in total. The molecule has 0 bridgehead atoms. The van der Waals surface area contributed by atoms with Gasteiger partial charge in [0, 0.05) is 24.8 Å². The molecule has 16 heavy (non-hydrogen) atoms.